The van der Waals surface area contributed by atoms with Crippen LogP contribution in [0.25, 0.3) is 0 Å². The summed E-state index contributed by atoms with van der Waals surface area (Å²) < 4.78 is 5.23. The molecule has 2 rings (SSSR count). The Bertz CT molecular complexity index is 433. The van der Waals surface area contributed by atoms with E-state index < -0.39 is 0 Å². The number of likely N-dealkylation sites (N-methyl/N-ethyl adjacent to an activating group) is 1. The van der Waals surface area contributed by atoms with Crippen molar-refractivity contribution < 1.29 is 9.53 Å². The highest BCUT2D eigenvalue weighted by molar-refractivity contribution is 5.94. The lowest BCUT2D eigenvalue weighted by molar-refractivity contribution is 0.0681. The van der Waals surface area contributed by atoms with Gasteiger partial charge in [0.25, 0.3) is 5.91 Å². The first-order chi connectivity index (χ1) is 8.13. The molecule has 100 valence electrons. The Balaban J connectivity index is 0.00000162. The summed E-state index contributed by atoms with van der Waals surface area (Å²) in [6.45, 7) is 3.73. The third-order valence-electron chi connectivity index (χ3n) is 3.28. The van der Waals surface area contributed by atoms with Crippen molar-refractivity contribution in [3.05, 3.63) is 29.3 Å². The van der Waals surface area contributed by atoms with E-state index in [-0.39, 0.29) is 18.3 Å². The van der Waals surface area contributed by atoms with Gasteiger partial charge in [0.2, 0.25) is 0 Å². The van der Waals surface area contributed by atoms with Crippen molar-refractivity contribution >= 4 is 18.3 Å². The Morgan fingerprint density at radius 3 is 2.61 bits per heavy atom. The van der Waals surface area contributed by atoms with Gasteiger partial charge in [0.1, 0.15) is 5.75 Å². The zero-order chi connectivity index (χ0) is 12.4. The molecule has 0 unspecified atom stereocenters. The van der Waals surface area contributed by atoms with E-state index in [4.69, 9.17) is 4.74 Å². The molecule has 1 heterocycles. The van der Waals surface area contributed by atoms with Crippen molar-refractivity contribution in [2.45, 2.75) is 13.0 Å². The minimum absolute atomic E-state index is 0. The molecule has 1 N–H and O–H groups in total. The van der Waals surface area contributed by atoms with Crippen LogP contribution in [0.3, 0.4) is 0 Å². The van der Waals surface area contributed by atoms with Gasteiger partial charge in [0.15, 0.2) is 0 Å². The Kier molecular flexibility index (Phi) is 4.99. The molecular formula is C13H19ClN2O2. The number of nitrogens with zero attached hydrogens (tertiary/aromatic N) is 1. The number of hydrogen-bond donors (Lipinski definition) is 1. The molecule has 1 aromatic rings. The highest BCUT2D eigenvalue weighted by Crippen LogP contribution is 2.20. The van der Waals surface area contributed by atoms with Crippen molar-refractivity contribution in [3.8, 4) is 5.75 Å². The van der Waals surface area contributed by atoms with Crippen LogP contribution in [-0.2, 0) is 0 Å². The van der Waals surface area contributed by atoms with Gasteiger partial charge in [-0.1, -0.05) is 6.07 Å². The van der Waals surface area contributed by atoms with Gasteiger partial charge in [-0.2, -0.15) is 0 Å². The van der Waals surface area contributed by atoms with Gasteiger partial charge in [0, 0.05) is 25.7 Å². The smallest absolute Gasteiger partial charge is 0.254 e. The number of rotatable bonds is 3. The summed E-state index contributed by atoms with van der Waals surface area (Å²) in [5.41, 5.74) is 1.72. The highest BCUT2D eigenvalue weighted by atomic mass is 35.5. The fraction of sp³-hybridized carbons (Fsp3) is 0.462. The molecular weight excluding hydrogens is 252 g/mol. The average Bonchev–Trinajstić information content (AvgIpc) is 2.26. The van der Waals surface area contributed by atoms with Crippen LogP contribution in [0.4, 0.5) is 0 Å². The fourth-order valence-corrected chi connectivity index (χ4v) is 1.87. The van der Waals surface area contributed by atoms with E-state index in [9.17, 15) is 4.79 Å². The number of methoxy groups -OCH3 is 1. The normalized spacial score (nSPS) is 14.4. The number of nitrogens with one attached hydrogen (secondary N) is 1. The number of carbonyl (C=O) groups excluding carboxylic acids is 1. The Labute approximate surface area is 114 Å². The number of amides is 1. The Morgan fingerprint density at radius 1 is 1.44 bits per heavy atom. The number of benzene rings is 1. The third-order valence-corrected chi connectivity index (χ3v) is 3.28. The SMILES string of the molecule is COc1cc(C(=O)N(C)C2CNC2)ccc1C.Cl. The second-order valence-electron chi connectivity index (χ2n) is 4.41. The van der Waals surface area contributed by atoms with Gasteiger partial charge in [-0.25, -0.2) is 0 Å². The van der Waals surface area contributed by atoms with Crippen LogP contribution in [0.5, 0.6) is 5.75 Å². The minimum atomic E-state index is 0. The predicted octanol–water partition coefficient (Wildman–Crippen LogP) is 1.47. The summed E-state index contributed by atoms with van der Waals surface area (Å²) in [7, 11) is 3.47. The third kappa shape index (κ3) is 2.76. The minimum Gasteiger partial charge on any atom is -0.496 e. The van der Waals surface area contributed by atoms with Crippen LogP contribution in [0.2, 0.25) is 0 Å². The summed E-state index contributed by atoms with van der Waals surface area (Å²) in [6, 6.07) is 5.89. The van der Waals surface area contributed by atoms with E-state index >= 15 is 0 Å². The lowest BCUT2D eigenvalue weighted by atomic mass is 10.1. The van der Waals surface area contributed by atoms with Crippen LogP contribution < -0.4 is 10.1 Å². The molecule has 1 saturated heterocycles. The molecule has 1 amide bonds. The largest absolute Gasteiger partial charge is 0.496 e. The topological polar surface area (TPSA) is 41.6 Å². The molecule has 0 saturated carbocycles. The van der Waals surface area contributed by atoms with Crippen LogP contribution in [-0.4, -0.2) is 44.1 Å². The maximum absolute atomic E-state index is 12.2. The van der Waals surface area contributed by atoms with E-state index in [1.807, 2.05) is 26.1 Å². The van der Waals surface area contributed by atoms with Crippen molar-refractivity contribution in [2.75, 3.05) is 27.2 Å². The van der Waals surface area contributed by atoms with Crippen LogP contribution in [0, 0.1) is 6.92 Å². The molecule has 4 nitrogen and oxygen atoms in total. The van der Waals surface area contributed by atoms with Crippen molar-refractivity contribution in [1.29, 1.82) is 0 Å². The molecule has 0 aromatic heterocycles. The van der Waals surface area contributed by atoms with Crippen LogP contribution in [0.15, 0.2) is 18.2 Å². The quantitative estimate of drug-likeness (QED) is 0.904. The van der Waals surface area contributed by atoms with E-state index in [1.54, 1.807) is 18.1 Å². The highest BCUT2D eigenvalue weighted by Gasteiger charge is 2.26. The van der Waals surface area contributed by atoms with E-state index in [2.05, 4.69) is 5.32 Å². The number of halogens is 1. The molecule has 0 atom stereocenters. The van der Waals surface area contributed by atoms with Gasteiger partial charge in [-0.05, 0) is 24.6 Å². The summed E-state index contributed by atoms with van der Waals surface area (Å²) in [6.07, 6.45) is 0. The number of aryl methyl sites for hydroxylation is 1. The molecule has 1 fully saturated rings. The fourth-order valence-electron chi connectivity index (χ4n) is 1.87. The molecule has 18 heavy (non-hydrogen) atoms. The van der Waals surface area contributed by atoms with Gasteiger partial charge in [-0.3, -0.25) is 4.79 Å². The maximum atomic E-state index is 12.2. The summed E-state index contributed by atoms with van der Waals surface area (Å²) in [5, 5.41) is 3.16. The Hall–Kier alpha value is -1.26. The second-order valence-corrected chi connectivity index (χ2v) is 4.41. The van der Waals surface area contributed by atoms with Crippen LogP contribution >= 0.6 is 12.4 Å². The first kappa shape index (κ1) is 14.8. The number of carbonyl (C=O) groups is 1. The van der Waals surface area contributed by atoms with Crippen molar-refractivity contribution in [2.24, 2.45) is 0 Å². The molecule has 1 aliphatic heterocycles. The molecule has 1 aliphatic rings. The lowest BCUT2D eigenvalue weighted by Crippen LogP contribution is -2.57. The molecule has 0 radical (unpaired) electrons. The summed E-state index contributed by atoms with van der Waals surface area (Å²) >= 11 is 0. The predicted molar refractivity (Wildman–Crippen MR) is 73.7 cm³/mol. The van der Waals surface area contributed by atoms with Gasteiger partial charge >= 0.3 is 0 Å². The molecule has 1 aromatic carbocycles. The summed E-state index contributed by atoms with van der Waals surface area (Å²) in [5.74, 6) is 0.811. The molecule has 0 spiro atoms. The van der Waals surface area contributed by atoms with Crippen LogP contribution in [0.1, 0.15) is 15.9 Å². The molecule has 5 heteroatoms. The van der Waals surface area contributed by atoms with Gasteiger partial charge < -0.3 is 15.0 Å². The zero-order valence-electron chi connectivity index (χ0n) is 10.9. The molecule has 0 bridgehead atoms. The van der Waals surface area contributed by atoms with E-state index in [0.717, 1.165) is 24.4 Å². The standard InChI is InChI=1S/C13H18N2O2.ClH/c1-9-4-5-10(6-12(9)17-3)13(16)15(2)11-7-14-8-11;/h4-6,11,14H,7-8H2,1-3H3;1H. The van der Waals surface area contributed by atoms with Crippen molar-refractivity contribution in [3.63, 3.8) is 0 Å². The summed E-state index contributed by atoms with van der Waals surface area (Å²) in [4.78, 5) is 14.0. The second kappa shape index (κ2) is 6.07. The van der Waals surface area contributed by atoms with Crippen molar-refractivity contribution in [1.82, 2.24) is 10.2 Å². The number of ether oxygens (including phenoxy) is 1. The monoisotopic (exact) mass is 270 g/mol. The van der Waals surface area contributed by atoms with Gasteiger partial charge in [-0.15, -0.1) is 12.4 Å². The number of hydrogen-bond acceptors (Lipinski definition) is 3. The lowest BCUT2D eigenvalue weighted by Gasteiger charge is -2.35. The zero-order valence-corrected chi connectivity index (χ0v) is 11.7. The first-order valence-electron chi connectivity index (χ1n) is 5.76. The van der Waals surface area contributed by atoms with E-state index in [0.29, 0.717) is 11.6 Å². The first-order valence-corrected chi connectivity index (χ1v) is 5.76. The van der Waals surface area contributed by atoms with E-state index in [1.165, 1.54) is 0 Å². The maximum Gasteiger partial charge on any atom is 0.254 e. The molecule has 0 aliphatic carbocycles. The van der Waals surface area contributed by atoms with Gasteiger partial charge in [0.05, 0.1) is 13.2 Å². The average molecular weight is 271 g/mol. The Morgan fingerprint density at radius 2 is 2.11 bits per heavy atom.